The molecular formula is C22H17N3O2S2. The highest BCUT2D eigenvalue weighted by Crippen LogP contribution is 2.41. The van der Waals surface area contributed by atoms with Gasteiger partial charge in [-0.3, -0.25) is 4.79 Å². The summed E-state index contributed by atoms with van der Waals surface area (Å²) in [7, 11) is 0. The molecular weight excluding hydrogens is 402 g/mol. The minimum absolute atomic E-state index is 0.0431. The van der Waals surface area contributed by atoms with Crippen molar-refractivity contribution in [2.75, 3.05) is 5.32 Å². The molecule has 0 bridgehead atoms. The average Bonchev–Trinajstić information content (AvgIpc) is 3.12. The smallest absolute Gasteiger partial charge is 0.266 e. The van der Waals surface area contributed by atoms with E-state index in [0.717, 1.165) is 21.0 Å². The van der Waals surface area contributed by atoms with Crippen molar-refractivity contribution in [1.29, 1.82) is 0 Å². The largest absolute Gasteiger partial charge is 0.506 e. The van der Waals surface area contributed by atoms with Crippen LogP contribution in [-0.2, 0) is 6.54 Å². The Hall–Kier alpha value is -3.03. The molecule has 2 aromatic heterocycles. The summed E-state index contributed by atoms with van der Waals surface area (Å²) in [5, 5.41) is 17.9. The van der Waals surface area contributed by atoms with E-state index >= 15 is 0 Å². The summed E-state index contributed by atoms with van der Waals surface area (Å²) in [5.74, 6) is 0.345. The van der Waals surface area contributed by atoms with Crippen LogP contribution in [0.15, 0.2) is 74.1 Å². The Kier molecular flexibility index (Phi) is 4.41. The number of thiophene rings is 1. The first kappa shape index (κ1) is 18.0. The maximum atomic E-state index is 13.5. The van der Waals surface area contributed by atoms with Crippen molar-refractivity contribution < 1.29 is 5.11 Å². The monoisotopic (exact) mass is 419 g/mol. The lowest BCUT2D eigenvalue weighted by Gasteiger charge is -2.19. The summed E-state index contributed by atoms with van der Waals surface area (Å²) < 4.78 is 6.20. The second-order valence-corrected chi connectivity index (χ2v) is 8.50. The molecule has 0 unspecified atom stereocenters. The summed E-state index contributed by atoms with van der Waals surface area (Å²) in [6.45, 7) is 2.45. The molecule has 1 aliphatic heterocycles. The van der Waals surface area contributed by atoms with E-state index in [1.54, 1.807) is 15.9 Å². The standard InChI is InChI=1S/C22H17N3O2S2/c1-13-12-28-21-19(13)29-24-20(23-21)17-18(26)15-9-5-6-10-16(15)25(22(17)27)11-14-7-3-2-4-8-14/h2-10,12,26H,11H2,1H3,(H,23,24). The number of amidine groups is 1. The third kappa shape index (κ3) is 3.03. The Balaban J connectivity index is 1.70. The van der Waals surface area contributed by atoms with Gasteiger partial charge in [0.15, 0.2) is 5.84 Å². The molecule has 5 rings (SSSR count). The predicted molar refractivity (Wildman–Crippen MR) is 120 cm³/mol. The van der Waals surface area contributed by atoms with Crippen LogP contribution < -0.4 is 10.9 Å². The number of aryl methyl sites for hydroxylation is 1. The predicted octanol–water partition coefficient (Wildman–Crippen LogP) is 5.00. The van der Waals surface area contributed by atoms with Crippen molar-refractivity contribution in [2.45, 2.75) is 18.4 Å². The average molecular weight is 420 g/mol. The van der Waals surface area contributed by atoms with Gasteiger partial charge in [0.1, 0.15) is 16.3 Å². The molecule has 0 saturated carbocycles. The SMILES string of the molecule is Cc1csc2c1SN=C(c1c(O)c3ccccc3n(Cc3ccccc3)c1=O)N2. The first-order chi connectivity index (χ1) is 14.1. The number of rotatable bonds is 3. The topological polar surface area (TPSA) is 66.6 Å². The zero-order valence-electron chi connectivity index (χ0n) is 15.5. The van der Waals surface area contributed by atoms with Crippen LogP contribution in [0.2, 0.25) is 0 Å². The highest BCUT2D eigenvalue weighted by molar-refractivity contribution is 7.98. The van der Waals surface area contributed by atoms with Gasteiger partial charge in [0.05, 0.1) is 17.0 Å². The van der Waals surface area contributed by atoms with Gasteiger partial charge in [0.2, 0.25) is 0 Å². The van der Waals surface area contributed by atoms with Gasteiger partial charge in [0, 0.05) is 17.3 Å². The number of nitrogens with zero attached hydrogens (tertiary/aromatic N) is 2. The van der Waals surface area contributed by atoms with E-state index in [4.69, 9.17) is 0 Å². The maximum Gasteiger partial charge on any atom is 0.266 e. The highest BCUT2D eigenvalue weighted by atomic mass is 32.2. The van der Waals surface area contributed by atoms with Crippen molar-refractivity contribution in [3.63, 3.8) is 0 Å². The van der Waals surface area contributed by atoms with Crippen molar-refractivity contribution in [3.8, 4) is 5.75 Å². The minimum atomic E-state index is -0.270. The zero-order chi connectivity index (χ0) is 20.0. The van der Waals surface area contributed by atoms with Crippen molar-refractivity contribution in [3.05, 3.63) is 87.0 Å². The zero-order valence-corrected chi connectivity index (χ0v) is 17.2. The number of fused-ring (bicyclic) bond motifs is 2. The van der Waals surface area contributed by atoms with Crippen LogP contribution in [0.5, 0.6) is 5.75 Å². The molecule has 0 atom stereocenters. The van der Waals surface area contributed by atoms with Crippen LogP contribution in [0.4, 0.5) is 5.00 Å². The van der Waals surface area contributed by atoms with Crippen LogP contribution in [-0.4, -0.2) is 15.5 Å². The summed E-state index contributed by atoms with van der Waals surface area (Å²) >= 11 is 2.90. The van der Waals surface area contributed by atoms with E-state index in [-0.39, 0.29) is 16.9 Å². The number of hydrogen-bond acceptors (Lipinski definition) is 6. The number of pyridine rings is 1. The molecule has 0 spiro atoms. The lowest BCUT2D eigenvalue weighted by Crippen LogP contribution is -2.31. The molecule has 2 aromatic carbocycles. The van der Waals surface area contributed by atoms with Crippen LogP contribution >= 0.6 is 23.3 Å². The van der Waals surface area contributed by atoms with E-state index < -0.39 is 0 Å². The van der Waals surface area contributed by atoms with Gasteiger partial charge in [-0.2, -0.15) is 4.40 Å². The number of benzene rings is 2. The first-order valence-corrected chi connectivity index (χ1v) is 10.8. The number of hydrogen-bond donors (Lipinski definition) is 2. The fourth-order valence-electron chi connectivity index (χ4n) is 3.49. The highest BCUT2D eigenvalue weighted by Gasteiger charge is 2.25. The molecule has 2 N–H and O–H groups in total. The Morgan fingerprint density at radius 1 is 1.10 bits per heavy atom. The molecule has 0 radical (unpaired) electrons. The van der Waals surface area contributed by atoms with E-state index in [1.165, 1.54) is 11.9 Å². The third-order valence-corrected chi connectivity index (χ3v) is 7.07. The maximum absolute atomic E-state index is 13.5. The molecule has 0 saturated heterocycles. The van der Waals surface area contributed by atoms with Gasteiger partial charge in [0.25, 0.3) is 5.56 Å². The van der Waals surface area contributed by atoms with E-state index in [0.29, 0.717) is 23.3 Å². The Morgan fingerprint density at radius 3 is 2.69 bits per heavy atom. The fraction of sp³-hybridized carbons (Fsp3) is 0.0909. The Morgan fingerprint density at radius 2 is 1.86 bits per heavy atom. The summed E-state index contributed by atoms with van der Waals surface area (Å²) in [6.07, 6.45) is 0. The summed E-state index contributed by atoms with van der Waals surface area (Å²) in [5.41, 5.74) is 2.78. The molecule has 4 aromatic rings. The first-order valence-electron chi connectivity index (χ1n) is 9.12. The molecule has 0 fully saturated rings. The normalized spacial score (nSPS) is 13.1. The number of anilines is 1. The van der Waals surface area contributed by atoms with E-state index in [2.05, 4.69) is 15.1 Å². The van der Waals surface area contributed by atoms with Crippen LogP contribution in [0.25, 0.3) is 10.9 Å². The Bertz CT molecular complexity index is 1320. The van der Waals surface area contributed by atoms with Gasteiger partial charge in [-0.25, -0.2) is 0 Å². The lowest BCUT2D eigenvalue weighted by molar-refractivity contribution is 0.478. The van der Waals surface area contributed by atoms with Crippen LogP contribution in [0.1, 0.15) is 16.7 Å². The minimum Gasteiger partial charge on any atom is -0.506 e. The van der Waals surface area contributed by atoms with Gasteiger partial charge >= 0.3 is 0 Å². The van der Waals surface area contributed by atoms with Gasteiger partial charge < -0.3 is 15.0 Å². The molecule has 1 aliphatic rings. The van der Waals surface area contributed by atoms with E-state index in [9.17, 15) is 9.90 Å². The number of aromatic hydroxyl groups is 1. The lowest BCUT2D eigenvalue weighted by atomic mass is 10.1. The number of nitrogens with one attached hydrogen (secondary N) is 1. The third-order valence-electron chi connectivity index (χ3n) is 4.94. The molecule has 3 heterocycles. The van der Waals surface area contributed by atoms with E-state index in [1.807, 2.05) is 61.5 Å². The van der Waals surface area contributed by atoms with Crippen molar-refractivity contribution >= 4 is 45.0 Å². The van der Waals surface area contributed by atoms with Crippen molar-refractivity contribution in [1.82, 2.24) is 4.57 Å². The molecule has 29 heavy (non-hydrogen) atoms. The molecule has 5 nitrogen and oxygen atoms in total. The van der Waals surface area contributed by atoms with Crippen molar-refractivity contribution in [2.24, 2.45) is 4.40 Å². The summed E-state index contributed by atoms with van der Waals surface area (Å²) in [6, 6.07) is 17.2. The molecule has 0 amide bonds. The Labute approximate surface area is 175 Å². The quantitative estimate of drug-likeness (QED) is 0.459. The van der Waals surface area contributed by atoms with Gasteiger partial charge in [-0.15, -0.1) is 11.3 Å². The number of aromatic nitrogens is 1. The molecule has 144 valence electrons. The summed E-state index contributed by atoms with van der Waals surface area (Å²) in [4.78, 5) is 14.6. The molecule has 7 heteroatoms. The second-order valence-electron chi connectivity index (χ2n) is 6.85. The second kappa shape index (κ2) is 7.09. The molecule has 0 aliphatic carbocycles. The van der Waals surface area contributed by atoms with Crippen LogP contribution in [0.3, 0.4) is 0 Å². The van der Waals surface area contributed by atoms with Gasteiger partial charge in [-0.05, 0) is 35.6 Å². The van der Waals surface area contributed by atoms with Gasteiger partial charge in [-0.1, -0.05) is 42.5 Å². The van der Waals surface area contributed by atoms with Crippen LogP contribution in [0, 0.1) is 6.92 Å². The fourth-order valence-corrected chi connectivity index (χ4v) is 5.31. The number of para-hydroxylation sites is 1.